The molecule has 8 heteroatoms. The summed E-state index contributed by atoms with van der Waals surface area (Å²) in [6.07, 6.45) is 6.76. The maximum atomic E-state index is 13.1. The SMILES string of the molecule is CNC(=O)[C@@H](N(O)C(=O)[C@@H](CCC(C)C)C(=O)NO)C12CC3CC(CC(C3)C1)C2. The number of likely N-dealkylation sites (N-methyl/N-ethyl adjacent to an activating group) is 1. The standard InChI is InChI=1S/C21H35N3O5/c1-12(2)4-5-16(18(25)23-28)20(27)24(29)17(19(26)22-3)21-9-13-6-14(10-21)8-15(7-13)11-21/h12-17,28-29H,4-11H2,1-3H3,(H,22,26)(H,23,25)/t13?,14?,15?,16-,17+,21?/m0/s1. The molecule has 0 spiro atoms. The predicted octanol–water partition coefficient (Wildman–Crippen LogP) is 2.09. The van der Waals surface area contributed by atoms with Gasteiger partial charge < -0.3 is 5.32 Å². The van der Waals surface area contributed by atoms with Crippen LogP contribution in [0.1, 0.15) is 65.2 Å². The summed E-state index contributed by atoms with van der Waals surface area (Å²) < 4.78 is 0. The lowest BCUT2D eigenvalue weighted by atomic mass is 9.47. The molecule has 4 rings (SSSR count). The molecule has 0 radical (unpaired) electrons. The maximum Gasteiger partial charge on any atom is 0.259 e. The summed E-state index contributed by atoms with van der Waals surface area (Å²) in [5.74, 6) is -1.43. The van der Waals surface area contributed by atoms with Gasteiger partial charge in [0, 0.05) is 12.5 Å². The van der Waals surface area contributed by atoms with Gasteiger partial charge in [-0.25, -0.2) is 10.5 Å². The number of hydroxylamine groups is 3. The van der Waals surface area contributed by atoms with Crippen molar-refractivity contribution in [3.05, 3.63) is 0 Å². The number of nitrogens with one attached hydrogen (secondary N) is 2. The molecule has 0 aromatic carbocycles. The van der Waals surface area contributed by atoms with Gasteiger partial charge in [0.05, 0.1) is 0 Å². The molecule has 2 atom stereocenters. The van der Waals surface area contributed by atoms with E-state index in [1.54, 1.807) is 5.48 Å². The second-order valence-corrected chi connectivity index (χ2v) is 9.98. The Morgan fingerprint density at radius 3 is 1.93 bits per heavy atom. The summed E-state index contributed by atoms with van der Waals surface area (Å²) in [5, 5.41) is 23.2. The smallest absolute Gasteiger partial charge is 0.259 e. The topological polar surface area (TPSA) is 119 Å². The van der Waals surface area contributed by atoms with Gasteiger partial charge in [-0.05, 0) is 75.0 Å². The van der Waals surface area contributed by atoms with E-state index in [1.807, 2.05) is 13.8 Å². The molecule has 4 N–H and O–H groups in total. The molecule has 0 unspecified atom stereocenters. The first-order chi connectivity index (χ1) is 13.7. The van der Waals surface area contributed by atoms with Gasteiger partial charge in [0.2, 0.25) is 5.91 Å². The van der Waals surface area contributed by atoms with Crippen LogP contribution in [0.5, 0.6) is 0 Å². The fourth-order valence-electron chi connectivity index (χ4n) is 6.53. The van der Waals surface area contributed by atoms with Crippen molar-refractivity contribution >= 4 is 17.7 Å². The highest BCUT2D eigenvalue weighted by Crippen LogP contribution is 2.62. The summed E-state index contributed by atoms with van der Waals surface area (Å²) in [6.45, 7) is 3.94. The van der Waals surface area contributed by atoms with Crippen LogP contribution in [0.4, 0.5) is 0 Å². The fourth-order valence-corrected chi connectivity index (χ4v) is 6.53. The number of carbonyl (C=O) groups excluding carboxylic acids is 3. The second-order valence-electron chi connectivity index (χ2n) is 9.98. The van der Waals surface area contributed by atoms with Gasteiger partial charge in [-0.15, -0.1) is 0 Å². The molecule has 8 nitrogen and oxygen atoms in total. The molecule has 4 bridgehead atoms. The summed E-state index contributed by atoms with van der Waals surface area (Å²) in [6, 6.07) is -1.01. The van der Waals surface area contributed by atoms with Crippen molar-refractivity contribution in [2.24, 2.45) is 35.0 Å². The van der Waals surface area contributed by atoms with E-state index in [2.05, 4.69) is 5.32 Å². The van der Waals surface area contributed by atoms with E-state index < -0.39 is 35.1 Å². The lowest BCUT2D eigenvalue weighted by Gasteiger charge is -2.59. The molecule has 4 aliphatic carbocycles. The predicted molar refractivity (Wildman–Crippen MR) is 105 cm³/mol. The van der Waals surface area contributed by atoms with Gasteiger partial charge in [-0.1, -0.05) is 13.8 Å². The minimum Gasteiger partial charge on any atom is -0.357 e. The molecule has 29 heavy (non-hydrogen) atoms. The number of carbonyl (C=O) groups is 3. The zero-order valence-electron chi connectivity index (χ0n) is 17.7. The highest BCUT2D eigenvalue weighted by Gasteiger charge is 2.58. The average molecular weight is 410 g/mol. The molecule has 0 aromatic rings. The molecule has 3 amide bonds. The Bertz CT molecular complexity index is 615. The third kappa shape index (κ3) is 4.28. The Morgan fingerprint density at radius 2 is 1.52 bits per heavy atom. The molecule has 4 saturated carbocycles. The molecule has 164 valence electrons. The van der Waals surface area contributed by atoms with Crippen LogP contribution in [0.3, 0.4) is 0 Å². The Labute approximate surface area is 172 Å². The van der Waals surface area contributed by atoms with Gasteiger partial charge in [0.1, 0.15) is 12.0 Å². The summed E-state index contributed by atoms with van der Waals surface area (Å²) in [7, 11) is 1.50. The molecule has 0 aliphatic heterocycles. The number of rotatable bonds is 8. The summed E-state index contributed by atoms with van der Waals surface area (Å²) >= 11 is 0. The molecule has 4 fully saturated rings. The lowest BCUT2D eigenvalue weighted by Crippen LogP contribution is -2.63. The van der Waals surface area contributed by atoms with E-state index in [1.165, 1.54) is 26.3 Å². The van der Waals surface area contributed by atoms with E-state index in [0.29, 0.717) is 29.2 Å². The molecule has 0 aromatic heterocycles. The van der Waals surface area contributed by atoms with Crippen molar-refractivity contribution in [2.45, 2.75) is 71.3 Å². The van der Waals surface area contributed by atoms with Crippen molar-refractivity contribution < 1.29 is 24.8 Å². The third-order valence-corrected chi connectivity index (χ3v) is 7.39. The minimum atomic E-state index is -1.23. The van der Waals surface area contributed by atoms with Crippen LogP contribution < -0.4 is 10.8 Å². The highest BCUT2D eigenvalue weighted by atomic mass is 16.5. The first-order valence-electron chi connectivity index (χ1n) is 10.9. The van der Waals surface area contributed by atoms with Crippen LogP contribution in [0.25, 0.3) is 0 Å². The fraction of sp³-hybridized carbons (Fsp3) is 0.857. The second kappa shape index (κ2) is 8.60. The molecule has 0 heterocycles. The van der Waals surface area contributed by atoms with Crippen molar-refractivity contribution in [3.8, 4) is 0 Å². The van der Waals surface area contributed by atoms with Gasteiger partial charge in [-0.2, -0.15) is 0 Å². The van der Waals surface area contributed by atoms with Crippen molar-refractivity contribution in [1.29, 1.82) is 0 Å². The summed E-state index contributed by atoms with van der Waals surface area (Å²) in [4.78, 5) is 38.2. The Balaban J connectivity index is 1.87. The van der Waals surface area contributed by atoms with Gasteiger partial charge in [0.25, 0.3) is 11.8 Å². The maximum absolute atomic E-state index is 13.1. The number of hydrogen-bond donors (Lipinski definition) is 4. The normalized spacial score (nSPS) is 32.0. The first-order valence-corrected chi connectivity index (χ1v) is 10.9. The zero-order valence-corrected chi connectivity index (χ0v) is 17.7. The van der Waals surface area contributed by atoms with E-state index in [0.717, 1.165) is 19.3 Å². The number of hydrogen-bond acceptors (Lipinski definition) is 5. The van der Waals surface area contributed by atoms with E-state index >= 15 is 0 Å². The van der Waals surface area contributed by atoms with E-state index in [9.17, 15) is 19.6 Å². The van der Waals surface area contributed by atoms with Crippen LogP contribution in [0.2, 0.25) is 0 Å². The lowest BCUT2D eigenvalue weighted by molar-refractivity contribution is -0.211. The van der Waals surface area contributed by atoms with Crippen LogP contribution in [0, 0.1) is 35.0 Å². The van der Waals surface area contributed by atoms with E-state index in [-0.39, 0.29) is 12.3 Å². The molecular weight excluding hydrogens is 374 g/mol. The monoisotopic (exact) mass is 409 g/mol. The van der Waals surface area contributed by atoms with Crippen LogP contribution >= 0.6 is 0 Å². The minimum absolute atomic E-state index is 0.196. The molecule has 4 aliphatic rings. The Kier molecular flexibility index (Phi) is 6.53. The molecule has 0 saturated heterocycles. The van der Waals surface area contributed by atoms with Crippen molar-refractivity contribution in [3.63, 3.8) is 0 Å². The quantitative estimate of drug-likeness (QED) is 0.278. The van der Waals surface area contributed by atoms with Gasteiger partial charge in [0.15, 0.2) is 0 Å². The van der Waals surface area contributed by atoms with Gasteiger partial charge >= 0.3 is 0 Å². The number of amides is 3. The highest BCUT2D eigenvalue weighted by molar-refractivity contribution is 6.01. The third-order valence-electron chi connectivity index (χ3n) is 7.39. The first kappa shape index (κ1) is 22.0. The molecular formula is C21H35N3O5. The number of nitrogens with zero attached hydrogens (tertiary/aromatic N) is 1. The largest absolute Gasteiger partial charge is 0.357 e. The van der Waals surface area contributed by atoms with Crippen molar-refractivity contribution in [2.75, 3.05) is 7.05 Å². The summed E-state index contributed by atoms with van der Waals surface area (Å²) in [5.41, 5.74) is 1.10. The van der Waals surface area contributed by atoms with Crippen molar-refractivity contribution in [1.82, 2.24) is 15.9 Å². The Hall–Kier alpha value is -1.67. The van der Waals surface area contributed by atoms with Crippen LogP contribution in [0.15, 0.2) is 0 Å². The Morgan fingerprint density at radius 1 is 1.00 bits per heavy atom. The zero-order chi connectivity index (χ0) is 21.3. The van der Waals surface area contributed by atoms with E-state index in [4.69, 9.17) is 5.21 Å². The van der Waals surface area contributed by atoms with Gasteiger partial charge in [-0.3, -0.25) is 24.8 Å². The van der Waals surface area contributed by atoms with Crippen LogP contribution in [-0.2, 0) is 14.4 Å². The van der Waals surface area contributed by atoms with Crippen LogP contribution in [-0.4, -0.2) is 46.3 Å². The average Bonchev–Trinajstić information content (AvgIpc) is 2.65.